The first-order chi connectivity index (χ1) is 11.8. The first-order valence-electron chi connectivity index (χ1n) is 8.31. The van der Waals surface area contributed by atoms with Gasteiger partial charge in [0.05, 0.1) is 17.0 Å². The van der Waals surface area contributed by atoms with E-state index in [9.17, 15) is 18.0 Å². The number of nitrogens with one attached hydrogen (secondary N) is 1. The lowest BCUT2D eigenvalue weighted by atomic mass is 10.0. The fourth-order valence-corrected chi connectivity index (χ4v) is 5.37. The highest BCUT2D eigenvalue weighted by Gasteiger charge is 2.39. The molecule has 0 aromatic heterocycles. The lowest BCUT2D eigenvalue weighted by molar-refractivity contribution is -0.124. The summed E-state index contributed by atoms with van der Waals surface area (Å²) in [6, 6.07) is 7.02. The summed E-state index contributed by atoms with van der Waals surface area (Å²) in [6.45, 7) is 2.28. The summed E-state index contributed by atoms with van der Waals surface area (Å²) in [4.78, 5) is 25.5. The average Bonchev–Trinajstić information content (AvgIpc) is 3.08. The lowest BCUT2D eigenvalue weighted by Crippen LogP contribution is -2.48. The fourth-order valence-electron chi connectivity index (χ4n) is 3.27. The largest absolute Gasteiger partial charge is 0.484 e. The van der Waals surface area contributed by atoms with E-state index >= 15 is 0 Å². The molecule has 2 aliphatic rings. The first kappa shape index (κ1) is 17.7. The zero-order valence-corrected chi connectivity index (χ0v) is 15.0. The monoisotopic (exact) mass is 366 g/mol. The Morgan fingerprint density at radius 1 is 1.32 bits per heavy atom. The molecule has 2 amide bonds. The predicted molar refractivity (Wildman–Crippen MR) is 93.3 cm³/mol. The number of hydrogen-bond acceptors (Lipinski definition) is 5. The summed E-state index contributed by atoms with van der Waals surface area (Å²) in [5.74, 6) is 0.354. The number of nitrogens with zero attached hydrogens (tertiary/aromatic N) is 1. The maximum absolute atomic E-state index is 12.0. The second-order valence-electron chi connectivity index (χ2n) is 6.88. The first-order valence-corrected chi connectivity index (χ1v) is 10.1. The second-order valence-corrected chi connectivity index (χ2v) is 9.07. The molecule has 0 aliphatic carbocycles. The van der Waals surface area contributed by atoms with Gasteiger partial charge in [0.25, 0.3) is 5.91 Å². The van der Waals surface area contributed by atoms with Gasteiger partial charge in [-0.3, -0.25) is 9.59 Å². The lowest BCUT2D eigenvalue weighted by Gasteiger charge is -2.23. The minimum absolute atomic E-state index is 0.0374. The Morgan fingerprint density at radius 2 is 2.04 bits per heavy atom. The Kier molecular flexibility index (Phi) is 4.73. The summed E-state index contributed by atoms with van der Waals surface area (Å²) in [6.07, 6.45) is 1.86. The van der Waals surface area contributed by atoms with Gasteiger partial charge in [-0.15, -0.1) is 0 Å². The van der Waals surface area contributed by atoms with Crippen LogP contribution in [0.3, 0.4) is 0 Å². The third kappa shape index (κ3) is 4.31. The van der Waals surface area contributed by atoms with Crippen molar-refractivity contribution < 1.29 is 22.7 Å². The molecule has 1 atom stereocenters. The van der Waals surface area contributed by atoms with Crippen LogP contribution >= 0.6 is 0 Å². The summed E-state index contributed by atoms with van der Waals surface area (Å²) in [7, 11) is -3.07. The van der Waals surface area contributed by atoms with Crippen molar-refractivity contribution in [2.75, 3.05) is 29.6 Å². The van der Waals surface area contributed by atoms with Gasteiger partial charge >= 0.3 is 0 Å². The molecule has 1 aromatic rings. The van der Waals surface area contributed by atoms with Gasteiger partial charge in [0, 0.05) is 18.7 Å². The van der Waals surface area contributed by atoms with Crippen molar-refractivity contribution in [3.8, 4) is 5.75 Å². The van der Waals surface area contributed by atoms with Crippen molar-refractivity contribution in [2.45, 2.75) is 31.7 Å². The van der Waals surface area contributed by atoms with Crippen molar-refractivity contribution in [1.82, 2.24) is 5.32 Å². The van der Waals surface area contributed by atoms with Crippen LogP contribution in [0.1, 0.15) is 26.2 Å². The number of sulfone groups is 1. The van der Waals surface area contributed by atoms with Crippen LogP contribution in [0, 0.1) is 0 Å². The minimum Gasteiger partial charge on any atom is -0.484 e. The van der Waals surface area contributed by atoms with Crippen LogP contribution in [-0.4, -0.2) is 50.4 Å². The summed E-state index contributed by atoms with van der Waals surface area (Å²) < 4.78 is 28.6. The van der Waals surface area contributed by atoms with Gasteiger partial charge in [0.15, 0.2) is 16.4 Å². The van der Waals surface area contributed by atoms with Crippen LogP contribution in [0.2, 0.25) is 0 Å². The summed E-state index contributed by atoms with van der Waals surface area (Å²) >= 11 is 0. The molecule has 0 saturated carbocycles. The number of rotatable bonds is 5. The molecular weight excluding hydrogens is 344 g/mol. The van der Waals surface area contributed by atoms with Gasteiger partial charge in [-0.2, -0.15) is 0 Å². The van der Waals surface area contributed by atoms with E-state index in [0.717, 1.165) is 18.7 Å². The van der Waals surface area contributed by atoms with E-state index in [1.54, 1.807) is 36.1 Å². The van der Waals surface area contributed by atoms with E-state index in [4.69, 9.17) is 4.74 Å². The normalized spacial score (nSPS) is 25.2. The van der Waals surface area contributed by atoms with Crippen LogP contribution in [0.4, 0.5) is 5.69 Å². The van der Waals surface area contributed by atoms with Gasteiger partial charge in [-0.1, -0.05) is 0 Å². The molecule has 25 heavy (non-hydrogen) atoms. The average molecular weight is 366 g/mol. The van der Waals surface area contributed by atoms with Crippen molar-refractivity contribution in [3.63, 3.8) is 0 Å². The molecule has 0 radical (unpaired) electrons. The van der Waals surface area contributed by atoms with Crippen LogP contribution in [-0.2, 0) is 19.4 Å². The predicted octanol–water partition coefficient (Wildman–Crippen LogP) is 0.886. The molecule has 1 unspecified atom stereocenters. The molecule has 0 spiro atoms. The highest BCUT2D eigenvalue weighted by atomic mass is 32.2. The standard InChI is InChI=1S/C17H22N2O5S/c1-17(8-10-25(22,23)12-17)18-15(20)11-24-14-6-4-13(5-7-14)19-9-2-3-16(19)21/h4-7H,2-3,8-12H2,1H3,(H,18,20). The van der Waals surface area contributed by atoms with Crippen LogP contribution in [0.15, 0.2) is 24.3 Å². The Bertz CT molecular complexity index is 775. The molecular formula is C17H22N2O5S. The van der Waals surface area contributed by atoms with Gasteiger partial charge in [0.1, 0.15) is 5.75 Å². The molecule has 2 aliphatic heterocycles. The Hall–Kier alpha value is -2.09. The van der Waals surface area contributed by atoms with Crippen LogP contribution in [0.25, 0.3) is 0 Å². The molecule has 2 saturated heterocycles. The van der Waals surface area contributed by atoms with E-state index in [1.165, 1.54) is 0 Å². The summed E-state index contributed by atoms with van der Waals surface area (Å²) in [5.41, 5.74) is 0.0992. The molecule has 2 heterocycles. The number of amides is 2. The Labute approximate surface area is 147 Å². The molecule has 1 N–H and O–H groups in total. The maximum Gasteiger partial charge on any atom is 0.258 e. The fraction of sp³-hybridized carbons (Fsp3) is 0.529. The van der Waals surface area contributed by atoms with E-state index < -0.39 is 15.4 Å². The number of carbonyl (C=O) groups excluding carboxylic acids is 2. The van der Waals surface area contributed by atoms with E-state index in [2.05, 4.69) is 5.32 Å². The second kappa shape index (κ2) is 6.67. The molecule has 2 fully saturated rings. The van der Waals surface area contributed by atoms with Gasteiger partial charge < -0.3 is 15.0 Å². The maximum atomic E-state index is 12.0. The van der Waals surface area contributed by atoms with Crippen LogP contribution in [0.5, 0.6) is 5.75 Å². The quantitative estimate of drug-likeness (QED) is 0.835. The van der Waals surface area contributed by atoms with Gasteiger partial charge in [0.2, 0.25) is 5.91 Å². The van der Waals surface area contributed by atoms with Crippen LogP contribution < -0.4 is 15.0 Å². The minimum atomic E-state index is -3.07. The van der Waals surface area contributed by atoms with E-state index in [-0.39, 0.29) is 29.9 Å². The number of anilines is 1. The number of carbonyl (C=O) groups is 2. The molecule has 3 rings (SSSR count). The third-order valence-electron chi connectivity index (χ3n) is 4.54. The molecule has 136 valence electrons. The number of ether oxygens (including phenoxy) is 1. The van der Waals surface area contributed by atoms with Gasteiger partial charge in [-0.25, -0.2) is 8.42 Å². The van der Waals surface area contributed by atoms with E-state index in [0.29, 0.717) is 18.6 Å². The number of benzene rings is 1. The molecule has 8 heteroatoms. The van der Waals surface area contributed by atoms with Crippen molar-refractivity contribution in [1.29, 1.82) is 0 Å². The smallest absolute Gasteiger partial charge is 0.258 e. The van der Waals surface area contributed by atoms with Crippen molar-refractivity contribution in [2.24, 2.45) is 0 Å². The molecule has 1 aromatic carbocycles. The third-order valence-corrected chi connectivity index (χ3v) is 6.44. The highest BCUT2D eigenvalue weighted by molar-refractivity contribution is 7.91. The van der Waals surface area contributed by atoms with Crippen molar-refractivity contribution in [3.05, 3.63) is 24.3 Å². The Morgan fingerprint density at radius 3 is 2.60 bits per heavy atom. The van der Waals surface area contributed by atoms with E-state index in [1.807, 2.05) is 0 Å². The van der Waals surface area contributed by atoms with Gasteiger partial charge in [-0.05, 0) is 44.0 Å². The number of hydrogen-bond donors (Lipinski definition) is 1. The zero-order chi connectivity index (χ0) is 18.1. The Balaban J connectivity index is 1.51. The molecule has 7 nitrogen and oxygen atoms in total. The molecule has 0 bridgehead atoms. The SMILES string of the molecule is CC1(NC(=O)COc2ccc(N3CCCC3=O)cc2)CCS(=O)(=O)C1. The van der Waals surface area contributed by atoms with Crippen molar-refractivity contribution >= 4 is 27.3 Å². The zero-order valence-electron chi connectivity index (χ0n) is 14.2. The summed E-state index contributed by atoms with van der Waals surface area (Å²) in [5, 5.41) is 2.75. The topological polar surface area (TPSA) is 92.8 Å². The highest BCUT2D eigenvalue weighted by Crippen LogP contribution is 2.24.